The molecule has 0 fully saturated rings. The molecule has 0 radical (unpaired) electrons. The molecule has 0 aliphatic heterocycles. The summed E-state index contributed by atoms with van der Waals surface area (Å²) >= 11 is 3.34. The molecule has 1 aromatic heterocycles. The molecule has 0 aliphatic carbocycles. The van der Waals surface area contributed by atoms with Gasteiger partial charge in [0.25, 0.3) is 5.56 Å². The molecule has 0 saturated heterocycles. The Morgan fingerprint density at radius 3 is 2.39 bits per heavy atom. The summed E-state index contributed by atoms with van der Waals surface area (Å²) < 4.78 is 15.9. The molecule has 1 aromatic carbocycles. The van der Waals surface area contributed by atoms with Gasteiger partial charge in [-0.1, -0.05) is 15.9 Å². The number of H-pyrrole nitrogens is 1. The molecule has 2 rings (SSSR count). The van der Waals surface area contributed by atoms with Gasteiger partial charge in [0.15, 0.2) is 17.6 Å². The third-order valence-electron chi connectivity index (χ3n) is 3.83. The van der Waals surface area contributed by atoms with Gasteiger partial charge in [0.1, 0.15) is 29.1 Å². The molecule has 0 aliphatic rings. The molecule has 1 atom stereocenters. The fourth-order valence-corrected chi connectivity index (χ4v) is 3.02. The zero-order valence-electron chi connectivity index (χ0n) is 15.1. The summed E-state index contributed by atoms with van der Waals surface area (Å²) in [7, 11) is 2.62. The molecule has 0 spiro atoms. The van der Waals surface area contributed by atoms with E-state index in [1.165, 1.54) is 33.3 Å². The van der Waals surface area contributed by atoms with E-state index < -0.39 is 17.6 Å². The van der Waals surface area contributed by atoms with E-state index in [-0.39, 0.29) is 34.0 Å². The van der Waals surface area contributed by atoms with Crippen LogP contribution >= 0.6 is 15.9 Å². The minimum atomic E-state index is -0.906. The van der Waals surface area contributed by atoms with Gasteiger partial charge in [-0.3, -0.25) is 4.79 Å². The SMILES string of the molecule is COC(=O)C(C)Oc1cc(Br)c(-c2c(C#N)c(N)[nH]c(=O)c2C#N)cc1OC. The lowest BCUT2D eigenvalue weighted by Crippen LogP contribution is -2.25. The second-order valence-corrected chi connectivity index (χ2v) is 6.34. The number of aromatic nitrogens is 1. The standard InChI is InChI=1S/C18H15BrN4O5/c1-8(18(25)27-3)28-14-5-12(19)9(4-13(14)26-2)15-10(6-20)16(22)23-17(24)11(15)7-21/h4-5,8H,1-3H3,(H3,22,23,24). The van der Waals surface area contributed by atoms with Crippen LogP contribution in [0.25, 0.3) is 11.1 Å². The number of nitriles is 2. The second-order valence-electron chi connectivity index (χ2n) is 5.48. The number of nitrogens with zero attached hydrogens (tertiary/aromatic N) is 2. The molecule has 144 valence electrons. The van der Waals surface area contributed by atoms with Crippen molar-refractivity contribution in [3.63, 3.8) is 0 Å². The molecule has 10 heteroatoms. The average Bonchev–Trinajstić information content (AvgIpc) is 2.67. The number of nitrogens with two attached hydrogens (primary N) is 1. The van der Waals surface area contributed by atoms with E-state index in [1.54, 1.807) is 6.07 Å². The van der Waals surface area contributed by atoms with Crippen molar-refractivity contribution >= 4 is 27.7 Å². The number of anilines is 1. The van der Waals surface area contributed by atoms with E-state index in [4.69, 9.17) is 15.2 Å². The van der Waals surface area contributed by atoms with Gasteiger partial charge in [0.05, 0.1) is 14.2 Å². The number of pyridine rings is 1. The lowest BCUT2D eigenvalue weighted by Gasteiger charge is -2.18. The molecule has 9 nitrogen and oxygen atoms in total. The first kappa shape index (κ1) is 20.8. The summed E-state index contributed by atoms with van der Waals surface area (Å²) in [5, 5.41) is 18.9. The Balaban J connectivity index is 2.74. The zero-order chi connectivity index (χ0) is 21.0. The van der Waals surface area contributed by atoms with Gasteiger partial charge >= 0.3 is 5.97 Å². The van der Waals surface area contributed by atoms with E-state index in [1.807, 2.05) is 6.07 Å². The smallest absolute Gasteiger partial charge is 0.346 e. The normalized spacial score (nSPS) is 11.1. The number of hydrogen-bond donors (Lipinski definition) is 2. The van der Waals surface area contributed by atoms with Crippen LogP contribution in [0.15, 0.2) is 21.4 Å². The minimum Gasteiger partial charge on any atom is -0.493 e. The number of benzene rings is 1. The summed E-state index contributed by atoms with van der Waals surface area (Å²) in [6, 6.07) is 6.66. The number of esters is 1. The van der Waals surface area contributed by atoms with E-state index in [0.717, 1.165) is 0 Å². The Bertz CT molecular complexity index is 1080. The van der Waals surface area contributed by atoms with E-state index >= 15 is 0 Å². The third kappa shape index (κ3) is 3.77. The predicted molar refractivity (Wildman–Crippen MR) is 103 cm³/mol. The van der Waals surface area contributed by atoms with E-state index in [9.17, 15) is 20.1 Å². The van der Waals surface area contributed by atoms with Crippen molar-refractivity contribution < 1.29 is 19.0 Å². The zero-order valence-corrected chi connectivity index (χ0v) is 16.7. The minimum absolute atomic E-state index is 0.0593. The Hall–Kier alpha value is -3.50. The van der Waals surface area contributed by atoms with Crippen molar-refractivity contribution in [1.82, 2.24) is 4.98 Å². The Morgan fingerprint density at radius 1 is 1.21 bits per heavy atom. The second kappa shape index (κ2) is 8.46. The van der Waals surface area contributed by atoms with Crippen LogP contribution < -0.4 is 20.8 Å². The maximum absolute atomic E-state index is 12.1. The van der Waals surface area contributed by atoms with E-state index in [0.29, 0.717) is 10.0 Å². The monoisotopic (exact) mass is 446 g/mol. The quantitative estimate of drug-likeness (QED) is 0.661. The lowest BCUT2D eigenvalue weighted by atomic mass is 9.96. The summed E-state index contributed by atoms with van der Waals surface area (Å²) in [6.45, 7) is 1.51. The summed E-state index contributed by atoms with van der Waals surface area (Å²) in [4.78, 5) is 26.0. The maximum Gasteiger partial charge on any atom is 0.346 e. The van der Waals surface area contributed by atoms with Gasteiger partial charge in [0, 0.05) is 15.6 Å². The Labute approximate surface area is 168 Å². The fraction of sp³-hybridized carbons (Fsp3) is 0.222. The van der Waals surface area contributed by atoms with Crippen molar-refractivity contribution in [3.05, 3.63) is 38.1 Å². The van der Waals surface area contributed by atoms with Gasteiger partial charge in [-0.05, 0) is 19.1 Å². The number of halogens is 1. The van der Waals surface area contributed by atoms with Crippen LogP contribution in [0.4, 0.5) is 5.82 Å². The van der Waals surface area contributed by atoms with Crippen molar-refractivity contribution in [2.24, 2.45) is 0 Å². The van der Waals surface area contributed by atoms with Crippen LogP contribution in [-0.2, 0) is 9.53 Å². The highest BCUT2D eigenvalue weighted by Gasteiger charge is 2.23. The van der Waals surface area contributed by atoms with Crippen LogP contribution in [0.3, 0.4) is 0 Å². The number of hydrogen-bond acceptors (Lipinski definition) is 8. The maximum atomic E-state index is 12.1. The summed E-state index contributed by atoms with van der Waals surface area (Å²) in [5.41, 5.74) is 5.07. The Kier molecular flexibility index (Phi) is 6.29. The first-order chi connectivity index (χ1) is 13.3. The molecule has 0 saturated carbocycles. The van der Waals surface area contributed by atoms with Gasteiger partial charge in [-0.15, -0.1) is 0 Å². The Morgan fingerprint density at radius 2 is 1.86 bits per heavy atom. The molecule has 0 bridgehead atoms. The van der Waals surface area contributed by atoms with Crippen LogP contribution in [0.5, 0.6) is 11.5 Å². The van der Waals surface area contributed by atoms with Gasteiger partial charge in [0.2, 0.25) is 0 Å². The highest BCUT2D eigenvalue weighted by molar-refractivity contribution is 9.10. The van der Waals surface area contributed by atoms with Crippen LogP contribution in [0.1, 0.15) is 18.1 Å². The molecule has 3 N–H and O–H groups in total. The van der Waals surface area contributed by atoms with Gasteiger partial charge in [-0.2, -0.15) is 10.5 Å². The molecular weight excluding hydrogens is 432 g/mol. The number of carbonyl (C=O) groups excluding carboxylic acids is 1. The van der Waals surface area contributed by atoms with Gasteiger partial charge in [-0.25, -0.2) is 4.79 Å². The largest absolute Gasteiger partial charge is 0.493 e. The first-order valence-corrected chi connectivity index (χ1v) is 8.56. The molecule has 2 aromatic rings. The molecule has 1 heterocycles. The molecule has 0 amide bonds. The van der Waals surface area contributed by atoms with Gasteiger partial charge < -0.3 is 24.9 Å². The summed E-state index contributed by atoms with van der Waals surface area (Å²) in [5.74, 6) is -0.318. The van der Waals surface area contributed by atoms with Crippen LogP contribution in [0, 0.1) is 22.7 Å². The first-order valence-electron chi connectivity index (χ1n) is 7.77. The number of methoxy groups -OCH3 is 2. The third-order valence-corrected chi connectivity index (χ3v) is 4.48. The number of carbonyl (C=O) groups is 1. The fourth-order valence-electron chi connectivity index (χ4n) is 2.50. The van der Waals surface area contributed by atoms with Crippen molar-refractivity contribution in [1.29, 1.82) is 10.5 Å². The van der Waals surface area contributed by atoms with E-state index in [2.05, 4.69) is 25.7 Å². The van der Waals surface area contributed by atoms with Crippen LogP contribution in [0.2, 0.25) is 0 Å². The average molecular weight is 447 g/mol. The van der Waals surface area contributed by atoms with Crippen molar-refractivity contribution in [3.8, 4) is 34.8 Å². The topological polar surface area (TPSA) is 151 Å². The molecular formula is C18H15BrN4O5. The predicted octanol–water partition coefficient (Wildman–Crippen LogP) is 2.08. The number of rotatable bonds is 5. The van der Waals surface area contributed by atoms with Crippen molar-refractivity contribution in [2.75, 3.05) is 20.0 Å². The van der Waals surface area contributed by atoms with Crippen molar-refractivity contribution in [2.45, 2.75) is 13.0 Å². The number of nitrogens with one attached hydrogen (secondary N) is 1. The highest BCUT2D eigenvalue weighted by Crippen LogP contribution is 2.41. The number of ether oxygens (including phenoxy) is 3. The number of nitrogen functional groups attached to an aromatic ring is 1. The highest BCUT2D eigenvalue weighted by atomic mass is 79.9. The molecule has 28 heavy (non-hydrogen) atoms. The molecule has 1 unspecified atom stereocenters. The number of aromatic amines is 1. The lowest BCUT2D eigenvalue weighted by molar-refractivity contribution is -0.147. The summed E-state index contributed by atoms with van der Waals surface area (Å²) in [6.07, 6.45) is -0.906. The van der Waals surface area contributed by atoms with Crippen LogP contribution in [-0.4, -0.2) is 31.3 Å².